The molecular formula is C18H16N2OS. The van der Waals surface area contributed by atoms with E-state index < -0.39 is 10.8 Å². The van der Waals surface area contributed by atoms with Crippen molar-refractivity contribution in [2.45, 2.75) is 11.8 Å². The molecule has 22 heavy (non-hydrogen) atoms. The summed E-state index contributed by atoms with van der Waals surface area (Å²) < 4.78 is 11.5. The molecule has 4 heteroatoms. The summed E-state index contributed by atoms with van der Waals surface area (Å²) in [5.74, 6) is 0. The first-order valence-corrected chi connectivity index (χ1v) is 8.52. The molecule has 0 saturated heterocycles. The smallest absolute Gasteiger partial charge is 0.0798 e. The highest BCUT2D eigenvalue weighted by molar-refractivity contribution is 7.84. The summed E-state index contributed by atoms with van der Waals surface area (Å²) in [6.07, 6.45) is 7.08. The third kappa shape index (κ3) is 2.83. The molecule has 2 aromatic heterocycles. The molecule has 110 valence electrons. The molecule has 0 aliphatic carbocycles. The van der Waals surface area contributed by atoms with Crippen LogP contribution >= 0.6 is 0 Å². The minimum atomic E-state index is -0.966. The van der Waals surface area contributed by atoms with E-state index in [4.69, 9.17) is 0 Å². The van der Waals surface area contributed by atoms with Crippen LogP contribution in [0, 0.1) is 6.92 Å². The van der Waals surface area contributed by atoms with Crippen molar-refractivity contribution in [2.75, 3.05) is 6.26 Å². The molecule has 0 radical (unpaired) electrons. The molecule has 0 spiro atoms. The van der Waals surface area contributed by atoms with Gasteiger partial charge >= 0.3 is 0 Å². The van der Waals surface area contributed by atoms with E-state index in [0.717, 1.165) is 32.8 Å². The topological polar surface area (TPSA) is 42.9 Å². The Morgan fingerprint density at radius 2 is 1.73 bits per heavy atom. The Morgan fingerprint density at radius 3 is 2.36 bits per heavy atom. The Labute approximate surface area is 132 Å². The SMILES string of the molecule is Cc1ccnc(-c2cccnc2)c1-c1ccc(S(C)=O)cc1. The van der Waals surface area contributed by atoms with E-state index in [2.05, 4.69) is 16.9 Å². The number of aromatic nitrogens is 2. The highest BCUT2D eigenvalue weighted by atomic mass is 32.2. The second-order valence-electron chi connectivity index (χ2n) is 5.07. The van der Waals surface area contributed by atoms with Gasteiger partial charge in [0.05, 0.1) is 5.69 Å². The summed E-state index contributed by atoms with van der Waals surface area (Å²) in [6.45, 7) is 2.07. The number of aryl methyl sites for hydroxylation is 1. The molecule has 0 aliphatic rings. The molecule has 1 unspecified atom stereocenters. The summed E-state index contributed by atoms with van der Waals surface area (Å²) in [6, 6.07) is 13.7. The fourth-order valence-electron chi connectivity index (χ4n) is 2.46. The van der Waals surface area contributed by atoms with Gasteiger partial charge in [0.25, 0.3) is 0 Å². The molecule has 3 aromatic rings. The maximum Gasteiger partial charge on any atom is 0.0798 e. The first-order chi connectivity index (χ1) is 10.7. The van der Waals surface area contributed by atoms with Gasteiger partial charge < -0.3 is 0 Å². The highest BCUT2D eigenvalue weighted by Crippen LogP contribution is 2.32. The normalized spacial score (nSPS) is 12.1. The Balaban J connectivity index is 2.16. The summed E-state index contributed by atoms with van der Waals surface area (Å²) in [4.78, 5) is 9.55. The molecule has 2 heterocycles. The van der Waals surface area contributed by atoms with Crippen molar-refractivity contribution in [3.8, 4) is 22.4 Å². The molecule has 0 aliphatic heterocycles. The molecule has 3 rings (SSSR count). The van der Waals surface area contributed by atoms with Crippen LogP contribution in [0.15, 0.2) is 66.0 Å². The monoisotopic (exact) mass is 308 g/mol. The quantitative estimate of drug-likeness (QED) is 0.738. The number of nitrogens with zero attached hydrogens (tertiary/aromatic N) is 2. The van der Waals surface area contributed by atoms with Crippen molar-refractivity contribution in [3.63, 3.8) is 0 Å². The van der Waals surface area contributed by atoms with Crippen LogP contribution in [0.4, 0.5) is 0 Å². The minimum absolute atomic E-state index is 0.827. The average molecular weight is 308 g/mol. The van der Waals surface area contributed by atoms with E-state index in [9.17, 15) is 4.21 Å². The minimum Gasteiger partial charge on any atom is -0.264 e. The second-order valence-corrected chi connectivity index (χ2v) is 6.45. The second kappa shape index (κ2) is 6.20. The molecule has 0 amide bonds. The van der Waals surface area contributed by atoms with Gasteiger partial charge in [0.15, 0.2) is 0 Å². The molecule has 1 aromatic carbocycles. The van der Waals surface area contributed by atoms with Gasteiger partial charge in [-0.25, -0.2) is 0 Å². The van der Waals surface area contributed by atoms with Gasteiger partial charge in [-0.1, -0.05) is 12.1 Å². The van der Waals surface area contributed by atoms with Crippen LogP contribution in [-0.2, 0) is 10.8 Å². The number of rotatable bonds is 3. The van der Waals surface area contributed by atoms with E-state index >= 15 is 0 Å². The van der Waals surface area contributed by atoms with Crippen molar-refractivity contribution in [1.29, 1.82) is 0 Å². The Bertz CT molecular complexity index is 814. The third-order valence-corrected chi connectivity index (χ3v) is 4.51. The van der Waals surface area contributed by atoms with Crippen LogP contribution in [0.1, 0.15) is 5.56 Å². The molecule has 0 N–H and O–H groups in total. The lowest BCUT2D eigenvalue weighted by molar-refractivity contribution is 0.687. The first kappa shape index (κ1) is 14.6. The van der Waals surface area contributed by atoms with Crippen molar-refractivity contribution >= 4 is 10.8 Å². The lowest BCUT2D eigenvalue weighted by atomic mass is 9.96. The standard InChI is InChI=1S/C18H16N2OS/c1-13-9-11-20-18(15-4-3-10-19-12-15)17(13)14-5-7-16(8-6-14)22(2)21/h3-12H,1-2H3. The Kier molecular flexibility index (Phi) is 4.11. The van der Waals surface area contributed by atoms with Crippen molar-refractivity contribution < 1.29 is 4.21 Å². The zero-order valence-electron chi connectivity index (χ0n) is 12.5. The van der Waals surface area contributed by atoms with Crippen molar-refractivity contribution in [1.82, 2.24) is 9.97 Å². The van der Waals surface area contributed by atoms with Gasteiger partial charge in [-0.3, -0.25) is 14.2 Å². The highest BCUT2D eigenvalue weighted by Gasteiger charge is 2.12. The van der Waals surface area contributed by atoms with Crippen molar-refractivity contribution in [2.24, 2.45) is 0 Å². The maximum atomic E-state index is 11.5. The van der Waals surface area contributed by atoms with Gasteiger partial charge in [0.1, 0.15) is 0 Å². The number of hydrogen-bond acceptors (Lipinski definition) is 3. The van der Waals surface area contributed by atoms with Crippen LogP contribution in [0.25, 0.3) is 22.4 Å². The van der Waals surface area contributed by atoms with Crippen LogP contribution < -0.4 is 0 Å². The van der Waals surface area contributed by atoms with Crippen LogP contribution in [0.5, 0.6) is 0 Å². The largest absolute Gasteiger partial charge is 0.264 e. The Morgan fingerprint density at radius 1 is 0.955 bits per heavy atom. The Hall–Kier alpha value is -2.33. The van der Waals surface area contributed by atoms with Crippen LogP contribution in [0.3, 0.4) is 0 Å². The average Bonchev–Trinajstić information content (AvgIpc) is 2.55. The predicted octanol–water partition coefficient (Wildman–Crippen LogP) is 3.86. The predicted molar refractivity (Wildman–Crippen MR) is 90.0 cm³/mol. The zero-order chi connectivity index (χ0) is 15.5. The molecular weight excluding hydrogens is 292 g/mol. The van der Waals surface area contributed by atoms with Crippen LogP contribution in [0.2, 0.25) is 0 Å². The number of benzene rings is 1. The maximum absolute atomic E-state index is 11.5. The van der Waals surface area contributed by atoms with Gasteiger partial charge in [0.2, 0.25) is 0 Å². The van der Waals surface area contributed by atoms with Gasteiger partial charge in [-0.05, 0) is 48.4 Å². The van der Waals surface area contributed by atoms with E-state index in [1.54, 1.807) is 12.5 Å². The fraction of sp³-hybridized carbons (Fsp3) is 0.111. The molecule has 1 atom stereocenters. The fourth-order valence-corrected chi connectivity index (χ4v) is 2.98. The summed E-state index contributed by atoms with van der Waals surface area (Å²) in [5.41, 5.74) is 5.21. The van der Waals surface area contributed by atoms with Crippen molar-refractivity contribution in [3.05, 3.63) is 66.6 Å². The molecule has 0 saturated carbocycles. The molecule has 0 fully saturated rings. The van der Waals surface area contributed by atoms with Gasteiger partial charge in [-0.15, -0.1) is 0 Å². The summed E-state index contributed by atoms with van der Waals surface area (Å²) in [7, 11) is -0.966. The molecule has 0 bridgehead atoms. The zero-order valence-corrected chi connectivity index (χ0v) is 13.3. The lowest BCUT2D eigenvalue weighted by Crippen LogP contribution is -1.94. The molecule has 3 nitrogen and oxygen atoms in total. The first-order valence-electron chi connectivity index (χ1n) is 6.96. The number of pyridine rings is 2. The van der Waals surface area contributed by atoms with E-state index in [-0.39, 0.29) is 0 Å². The lowest BCUT2D eigenvalue weighted by Gasteiger charge is -2.12. The van der Waals surface area contributed by atoms with E-state index in [0.29, 0.717) is 0 Å². The summed E-state index contributed by atoms with van der Waals surface area (Å²) in [5, 5.41) is 0. The van der Waals surface area contributed by atoms with Gasteiger partial charge in [0, 0.05) is 51.7 Å². The summed E-state index contributed by atoms with van der Waals surface area (Å²) >= 11 is 0. The van der Waals surface area contributed by atoms with Crippen LogP contribution in [-0.4, -0.2) is 20.4 Å². The van der Waals surface area contributed by atoms with E-state index in [1.165, 1.54) is 0 Å². The third-order valence-electron chi connectivity index (χ3n) is 3.57. The van der Waals surface area contributed by atoms with Gasteiger partial charge in [-0.2, -0.15) is 0 Å². The van der Waals surface area contributed by atoms with E-state index in [1.807, 2.05) is 54.9 Å². The number of hydrogen-bond donors (Lipinski definition) is 0.